The van der Waals surface area contributed by atoms with Crippen molar-refractivity contribution in [1.29, 1.82) is 0 Å². The summed E-state index contributed by atoms with van der Waals surface area (Å²) in [5, 5.41) is 13.9. The molecular formula is C25H18BrNO4S. The molecule has 160 valence electrons. The third-order valence-electron chi connectivity index (χ3n) is 4.58. The van der Waals surface area contributed by atoms with Gasteiger partial charge in [-0.1, -0.05) is 39.8 Å². The van der Waals surface area contributed by atoms with Crippen LogP contribution in [0.5, 0.6) is 5.75 Å². The number of phenols is 1. The molecule has 0 bridgehead atoms. The molecule has 1 amide bonds. The van der Waals surface area contributed by atoms with Crippen molar-refractivity contribution >= 4 is 56.0 Å². The number of carbonyl (C=O) groups is 2. The van der Waals surface area contributed by atoms with E-state index >= 15 is 0 Å². The number of nitrogens with one attached hydrogen (secondary N) is 1. The van der Waals surface area contributed by atoms with E-state index in [2.05, 4.69) is 21.2 Å². The molecule has 0 aliphatic rings. The smallest absolute Gasteiger partial charge is 0.338 e. The van der Waals surface area contributed by atoms with Crippen LogP contribution in [0, 0.1) is 0 Å². The maximum absolute atomic E-state index is 12.3. The van der Waals surface area contributed by atoms with Crippen molar-refractivity contribution in [2.45, 2.75) is 9.79 Å². The summed E-state index contributed by atoms with van der Waals surface area (Å²) in [5.74, 6) is -0.849. The second kappa shape index (κ2) is 9.89. The summed E-state index contributed by atoms with van der Waals surface area (Å²) in [6, 6.07) is 25.3. The van der Waals surface area contributed by atoms with Crippen LogP contribution in [0.25, 0.3) is 10.8 Å². The molecule has 5 nitrogen and oxygen atoms in total. The Morgan fingerprint density at radius 1 is 0.844 bits per heavy atom. The summed E-state index contributed by atoms with van der Waals surface area (Å²) in [4.78, 5) is 26.6. The van der Waals surface area contributed by atoms with Gasteiger partial charge >= 0.3 is 5.97 Å². The first-order valence-corrected chi connectivity index (χ1v) is 11.3. The average molecular weight is 508 g/mol. The zero-order valence-electron chi connectivity index (χ0n) is 16.7. The molecular weight excluding hydrogens is 490 g/mol. The van der Waals surface area contributed by atoms with Gasteiger partial charge in [-0.25, -0.2) is 4.79 Å². The number of amides is 1. The highest BCUT2D eigenvalue weighted by Gasteiger charge is 2.11. The highest BCUT2D eigenvalue weighted by Crippen LogP contribution is 2.29. The maximum atomic E-state index is 12.3. The predicted octanol–water partition coefficient (Wildman–Crippen LogP) is 6.25. The first-order chi connectivity index (χ1) is 15.5. The zero-order valence-corrected chi connectivity index (χ0v) is 19.2. The van der Waals surface area contributed by atoms with Crippen LogP contribution in [0.4, 0.5) is 5.69 Å². The minimum atomic E-state index is -0.587. The molecule has 4 rings (SSSR count). The SMILES string of the molecule is O=C(COC(=O)c1ccc2cc(O)ccc2c1)Nc1ccc(Sc2ccc(Br)cc2)cc1. The van der Waals surface area contributed by atoms with E-state index in [1.807, 2.05) is 36.4 Å². The van der Waals surface area contributed by atoms with Gasteiger partial charge in [0.15, 0.2) is 6.61 Å². The Kier molecular flexibility index (Phi) is 6.78. The van der Waals surface area contributed by atoms with Gasteiger partial charge in [0.25, 0.3) is 5.91 Å². The number of hydrogen-bond donors (Lipinski definition) is 2. The lowest BCUT2D eigenvalue weighted by molar-refractivity contribution is -0.119. The first kappa shape index (κ1) is 21.9. The van der Waals surface area contributed by atoms with Crippen LogP contribution in [-0.4, -0.2) is 23.6 Å². The Hall–Kier alpha value is -3.29. The van der Waals surface area contributed by atoms with Crippen LogP contribution >= 0.6 is 27.7 Å². The van der Waals surface area contributed by atoms with E-state index in [0.717, 1.165) is 25.0 Å². The fraction of sp³-hybridized carbons (Fsp3) is 0.0400. The van der Waals surface area contributed by atoms with E-state index in [9.17, 15) is 14.7 Å². The Morgan fingerprint density at radius 3 is 2.19 bits per heavy atom. The molecule has 4 aromatic carbocycles. The van der Waals surface area contributed by atoms with E-state index in [1.54, 1.807) is 60.3 Å². The minimum absolute atomic E-state index is 0.157. The van der Waals surface area contributed by atoms with Gasteiger partial charge in [-0.3, -0.25) is 4.79 Å². The molecule has 0 radical (unpaired) electrons. The van der Waals surface area contributed by atoms with Gasteiger partial charge in [0, 0.05) is 20.0 Å². The molecule has 0 fully saturated rings. The summed E-state index contributed by atoms with van der Waals surface area (Å²) in [6.45, 7) is -0.387. The first-order valence-electron chi connectivity index (χ1n) is 9.69. The van der Waals surface area contributed by atoms with Gasteiger partial charge in [-0.15, -0.1) is 0 Å². The topological polar surface area (TPSA) is 75.6 Å². The highest BCUT2D eigenvalue weighted by atomic mass is 79.9. The predicted molar refractivity (Wildman–Crippen MR) is 129 cm³/mol. The molecule has 0 saturated heterocycles. The van der Waals surface area contributed by atoms with Crippen molar-refractivity contribution < 1.29 is 19.4 Å². The molecule has 0 aromatic heterocycles. The van der Waals surface area contributed by atoms with Gasteiger partial charge in [0.2, 0.25) is 0 Å². The molecule has 0 atom stereocenters. The fourth-order valence-corrected chi connectivity index (χ4v) is 4.10. The number of anilines is 1. The van der Waals surface area contributed by atoms with E-state index in [-0.39, 0.29) is 12.4 Å². The number of fused-ring (bicyclic) bond motifs is 1. The van der Waals surface area contributed by atoms with Crippen LogP contribution < -0.4 is 5.32 Å². The van der Waals surface area contributed by atoms with Crippen molar-refractivity contribution in [2.75, 3.05) is 11.9 Å². The van der Waals surface area contributed by atoms with Crippen molar-refractivity contribution in [3.05, 3.63) is 95.0 Å². The Balaban J connectivity index is 1.30. The largest absolute Gasteiger partial charge is 0.508 e. The fourth-order valence-electron chi connectivity index (χ4n) is 3.02. The number of phenolic OH excluding ortho intramolecular Hbond substituents is 1. The summed E-state index contributed by atoms with van der Waals surface area (Å²) in [7, 11) is 0. The second-order valence-electron chi connectivity index (χ2n) is 6.95. The molecule has 0 heterocycles. The average Bonchev–Trinajstić information content (AvgIpc) is 2.80. The standard InChI is InChI=1S/C25H18BrNO4S/c26-19-4-9-22(10-5-19)32-23-11-6-20(7-12-23)27-24(29)15-31-25(30)18-2-1-17-14-21(28)8-3-16(17)13-18/h1-14,28H,15H2,(H,27,29). The van der Waals surface area contributed by atoms with Crippen molar-refractivity contribution in [3.8, 4) is 5.75 Å². The zero-order chi connectivity index (χ0) is 22.5. The Labute approximate surface area is 197 Å². The van der Waals surface area contributed by atoms with E-state index in [1.165, 1.54) is 0 Å². The van der Waals surface area contributed by atoms with E-state index in [4.69, 9.17) is 4.74 Å². The van der Waals surface area contributed by atoms with Gasteiger partial charge in [-0.05, 0) is 83.6 Å². The highest BCUT2D eigenvalue weighted by molar-refractivity contribution is 9.10. The van der Waals surface area contributed by atoms with Crippen LogP contribution in [0.15, 0.2) is 99.2 Å². The lowest BCUT2D eigenvalue weighted by Crippen LogP contribution is -2.20. The molecule has 0 saturated carbocycles. The number of hydrogen-bond acceptors (Lipinski definition) is 5. The summed E-state index contributed by atoms with van der Waals surface area (Å²) in [6.07, 6.45) is 0. The lowest BCUT2D eigenvalue weighted by atomic mass is 10.1. The third kappa shape index (κ3) is 5.69. The van der Waals surface area contributed by atoms with Crippen LogP contribution in [0.1, 0.15) is 10.4 Å². The molecule has 4 aromatic rings. The number of halogens is 1. The number of rotatable bonds is 6. The molecule has 2 N–H and O–H groups in total. The number of ether oxygens (including phenoxy) is 1. The van der Waals surface area contributed by atoms with E-state index in [0.29, 0.717) is 11.3 Å². The summed E-state index contributed by atoms with van der Waals surface area (Å²) in [5.41, 5.74) is 0.960. The van der Waals surface area contributed by atoms with Crippen LogP contribution in [0.3, 0.4) is 0 Å². The van der Waals surface area contributed by atoms with Crippen LogP contribution in [-0.2, 0) is 9.53 Å². The van der Waals surface area contributed by atoms with Gasteiger partial charge < -0.3 is 15.2 Å². The van der Waals surface area contributed by atoms with Crippen molar-refractivity contribution in [3.63, 3.8) is 0 Å². The van der Waals surface area contributed by atoms with Crippen molar-refractivity contribution in [1.82, 2.24) is 0 Å². The molecule has 0 aliphatic carbocycles. The van der Waals surface area contributed by atoms with Crippen LogP contribution in [0.2, 0.25) is 0 Å². The number of esters is 1. The molecule has 0 spiro atoms. The van der Waals surface area contributed by atoms with Gasteiger partial charge in [0.1, 0.15) is 5.75 Å². The normalized spacial score (nSPS) is 10.7. The van der Waals surface area contributed by atoms with E-state index < -0.39 is 11.9 Å². The maximum Gasteiger partial charge on any atom is 0.338 e. The quantitative estimate of drug-likeness (QED) is 0.301. The molecule has 32 heavy (non-hydrogen) atoms. The minimum Gasteiger partial charge on any atom is -0.508 e. The Morgan fingerprint density at radius 2 is 1.47 bits per heavy atom. The Bertz CT molecular complexity index is 1270. The summed E-state index contributed by atoms with van der Waals surface area (Å²) < 4.78 is 6.17. The monoisotopic (exact) mass is 507 g/mol. The van der Waals surface area contributed by atoms with Gasteiger partial charge in [-0.2, -0.15) is 0 Å². The third-order valence-corrected chi connectivity index (χ3v) is 6.13. The second-order valence-corrected chi connectivity index (χ2v) is 9.01. The summed E-state index contributed by atoms with van der Waals surface area (Å²) >= 11 is 5.04. The number of benzene rings is 4. The number of carbonyl (C=O) groups excluding carboxylic acids is 2. The molecule has 7 heteroatoms. The molecule has 0 unspecified atom stereocenters. The molecule has 0 aliphatic heterocycles. The lowest BCUT2D eigenvalue weighted by Gasteiger charge is -2.08. The van der Waals surface area contributed by atoms with Gasteiger partial charge in [0.05, 0.1) is 5.56 Å². The number of aromatic hydroxyl groups is 1. The van der Waals surface area contributed by atoms with Crippen molar-refractivity contribution in [2.24, 2.45) is 0 Å².